The minimum atomic E-state index is -1.06. The Hall–Kier alpha value is -0.930. The number of carbonyl (C=O) groups excluding carboxylic acids is 1. The summed E-state index contributed by atoms with van der Waals surface area (Å²) in [5.74, 6) is -1.49. The van der Waals surface area contributed by atoms with Crippen LogP contribution in [0.2, 0.25) is 0 Å². The molecular formula is C16H12Br2INO3. The summed E-state index contributed by atoms with van der Waals surface area (Å²) in [7, 11) is 0. The number of aliphatic carboxylic acids is 1. The maximum atomic E-state index is 12.3. The van der Waals surface area contributed by atoms with Crippen molar-refractivity contribution in [1.82, 2.24) is 5.32 Å². The third-order valence-corrected chi connectivity index (χ3v) is 4.72. The van der Waals surface area contributed by atoms with Crippen LogP contribution >= 0.6 is 54.5 Å². The van der Waals surface area contributed by atoms with E-state index in [0.29, 0.717) is 5.56 Å². The van der Waals surface area contributed by atoms with Crippen LogP contribution in [-0.4, -0.2) is 23.0 Å². The highest BCUT2D eigenvalue weighted by Gasteiger charge is 2.21. The van der Waals surface area contributed by atoms with Crippen molar-refractivity contribution in [3.8, 4) is 0 Å². The molecular weight excluding hydrogens is 541 g/mol. The van der Waals surface area contributed by atoms with E-state index in [-0.39, 0.29) is 6.42 Å². The largest absolute Gasteiger partial charge is 0.480 e. The van der Waals surface area contributed by atoms with Gasteiger partial charge in [-0.2, -0.15) is 0 Å². The number of carboxylic acid groups (broad SMARTS) is 1. The summed E-state index contributed by atoms with van der Waals surface area (Å²) in [6.45, 7) is 0. The fraction of sp³-hybridized carbons (Fsp3) is 0.125. The maximum Gasteiger partial charge on any atom is 0.326 e. The van der Waals surface area contributed by atoms with Crippen molar-refractivity contribution in [1.29, 1.82) is 0 Å². The Morgan fingerprint density at radius 1 is 1.09 bits per heavy atom. The Kier molecular flexibility index (Phi) is 6.60. The first-order chi connectivity index (χ1) is 10.8. The van der Waals surface area contributed by atoms with E-state index in [9.17, 15) is 14.7 Å². The maximum absolute atomic E-state index is 12.3. The van der Waals surface area contributed by atoms with Crippen LogP contribution in [0.5, 0.6) is 0 Å². The minimum absolute atomic E-state index is 0.229. The SMILES string of the molecule is O=C(N[C@H](Cc1ccc(I)cc1)C(=O)O)c1cc(Br)cc(Br)c1. The number of amides is 1. The van der Waals surface area contributed by atoms with E-state index < -0.39 is 17.9 Å². The number of benzene rings is 2. The summed E-state index contributed by atoms with van der Waals surface area (Å²) in [6, 6.07) is 11.6. The molecule has 2 aromatic carbocycles. The molecule has 1 atom stereocenters. The zero-order valence-corrected chi connectivity index (χ0v) is 17.1. The van der Waals surface area contributed by atoms with Gasteiger partial charge in [0.2, 0.25) is 0 Å². The minimum Gasteiger partial charge on any atom is -0.480 e. The molecule has 0 saturated carbocycles. The number of hydrogen-bond donors (Lipinski definition) is 2. The Morgan fingerprint density at radius 2 is 1.65 bits per heavy atom. The van der Waals surface area contributed by atoms with E-state index in [1.54, 1.807) is 18.2 Å². The molecule has 0 aliphatic carbocycles. The Labute approximate surface area is 164 Å². The number of hydrogen-bond acceptors (Lipinski definition) is 2. The van der Waals surface area contributed by atoms with Crippen LogP contribution in [0.4, 0.5) is 0 Å². The Bertz CT molecular complexity index is 714. The van der Waals surface area contributed by atoms with E-state index in [2.05, 4.69) is 59.8 Å². The molecule has 120 valence electrons. The molecule has 0 aliphatic heterocycles. The summed E-state index contributed by atoms with van der Waals surface area (Å²) < 4.78 is 2.55. The molecule has 23 heavy (non-hydrogen) atoms. The van der Waals surface area contributed by atoms with Gasteiger partial charge in [0.25, 0.3) is 5.91 Å². The van der Waals surface area contributed by atoms with E-state index in [1.165, 1.54) is 0 Å². The molecule has 0 radical (unpaired) electrons. The van der Waals surface area contributed by atoms with Crippen LogP contribution in [0.15, 0.2) is 51.4 Å². The van der Waals surface area contributed by atoms with Gasteiger partial charge in [-0.25, -0.2) is 4.79 Å². The molecule has 0 aromatic heterocycles. The summed E-state index contributed by atoms with van der Waals surface area (Å²) >= 11 is 8.80. The van der Waals surface area contributed by atoms with Crippen molar-refractivity contribution in [2.75, 3.05) is 0 Å². The Morgan fingerprint density at radius 3 is 2.17 bits per heavy atom. The number of nitrogens with one attached hydrogen (secondary N) is 1. The summed E-state index contributed by atoms with van der Waals surface area (Å²) in [4.78, 5) is 23.7. The van der Waals surface area contributed by atoms with Crippen LogP contribution in [-0.2, 0) is 11.2 Å². The molecule has 0 heterocycles. The zero-order chi connectivity index (χ0) is 17.0. The molecule has 0 aliphatic rings. The zero-order valence-electron chi connectivity index (χ0n) is 11.7. The van der Waals surface area contributed by atoms with E-state index >= 15 is 0 Å². The third kappa shape index (κ3) is 5.58. The molecule has 0 fully saturated rings. The molecule has 0 bridgehead atoms. The van der Waals surface area contributed by atoms with Crippen LogP contribution in [0.25, 0.3) is 0 Å². The highest BCUT2D eigenvalue weighted by Crippen LogP contribution is 2.20. The van der Waals surface area contributed by atoms with E-state index in [1.807, 2.05) is 24.3 Å². The second kappa shape index (κ2) is 8.25. The lowest BCUT2D eigenvalue weighted by Gasteiger charge is -2.15. The highest BCUT2D eigenvalue weighted by atomic mass is 127. The first-order valence-electron chi connectivity index (χ1n) is 6.59. The van der Waals surface area contributed by atoms with Crippen LogP contribution in [0, 0.1) is 3.57 Å². The van der Waals surface area contributed by atoms with Gasteiger partial charge in [-0.3, -0.25) is 4.79 Å². The van der Waals surface area contributed by atoms with Gasteiger partial charge >= 0.3 is 5.97 Å². The molecule has 7 heteroatoms. The predicted molar refractivity (Wildman–Crippen MR) is 104 cm³/mol. The van der Waals surface area contributed by atoms with Crippen LogP contribution in [0.1, 0.15) is 15.9 Å². The number of carboxylic acids is 1. The lowest BCUT2D eigenvalue weighted by Crippen LogP contribution is -2.42. The second-order valence-corrected chi connectivity index (χ2v) is 7.93. The molecule has 0 saturated heterocycles. The van der Waals surface area contributed by atoms with Gasteiger partial charge in [-0.15, -0.1) is 0 Å². The third-order valence-electron chi connectivity index (χ3n) is 3.08. The van der Waals surface area contributed by atoms with Crippen molar-refractivity contribution in [3.05, 3.63) is 66.1 Å². The number of carbonyl (C=O) groups is 2. The van der Waals surface area contributed by atoms with Crippen LogP contribution < -0.4 is 5.32 Å². The molecule has 1 amide bonds. The standard InChI is InChI=1S/C16H12Br2INO3/c17-11-6-10(7-12(18)8-11)15(21)20-14(16(22)23)5-9-1-3-13(19)4-2-9/h1-4,6-8,14H,5H2,(H,20,21)(H,22,23)/t14-/m1/s1. The van der Waals surface area contributed by atoms with Gasteiger partial charge in [-0.05, 0) is 58.5 Å². The lowest BCUT2D eigenvalue weighted by molar-refractivity contribution is -0.139. The fourth-order valence-electron chi connectivity index (χ4n) is 1.98. The monoisotopic (exact) mass is 551 g/mol. The van der Waals surface area contributed by atoms with Gasteiger partial charge in [-0.1, -0.05) is 44.0 Å². The summed E-state index contributed by atoms with van der Waals surface area (Å²) in [6.07, 6.45) is 0.229. The first kappa shape index (κ1) is 18.4. The van der Waals surface area contributed by atoms with E-state index in [4.69, 9.17) is 0 Å². The van der Waals surface area contributed by atoms with E-state index in [0.717, 1.165) is 18.1 Å². The van der Waals surface area contributed by atoms with Crippen molar-refractivity contribution in [2.45, 2.75) is 12.5 Å². The number of rotatable bonds is 5. The molecule has 2 N–H and O–H groups in total. The van der Waals surface area contributed by atoms with Gasteiger partial charge in [0.15, 0.2) is 0 Å². The fourth-order valence-corrected chi connectivity index (χ4v) is 3.64. The van der Waals surface area contributed by atoms with Gasteiger partial charge in [0, 0.05) is 24.5 Å². The first-order valence-corrected chi connectivity index (χ1v) is 9.26. The quantitative estimate of drug-likeness (QED) is 0.545. The topological polar surface area (TPSA) is 66.4 Å². The highest BCUT2D eigenvalue weighted by molar-refractivity contribution is 14.1. The molecule has 2 rings (SSSR count). The van der Waals surface area contributed by atoms with Crippen molar-refractivity contribution < 1.29 is 14.7 Å². The second-order valence-electron chi connectivity index (χ2n) is 4.85. The smallest absolute Gasteiger partial charge is 0.326 e. The average Bonchev–Trinajstić information content (AvgIpc) is 2.47. The van der Waals surface area contributed by atoms with Crippen LogP contribution in [0.3, 0.4) is 0 Å². The predicted octanol–water partition coefficient (Wildman–Crippen LogP) is 4.24. The Balaban J connectivity index is 2.14. The molecule has 4 nitrogen and oxygen atoms in total. The lowest BCUT2D eigenvalue weighted by atomic mass is 10.1. The van der Waals surface area contributed by atoms with Gasteiger partial charge in [0.1, 0.15) is 6.04 Å². The van der Waals surface area contributed by atoms with Crippen molar-refractivity contribution in [3.63, 3.8) is 0 Å². The summed E-state index contributed by atoms with van der Waals surface area (Å²) in [5.41, 5.74) is 1.24. The van der Waals surface area contributed by atoms with Gasteiger partial charge in [0.05, 0.1) is 0 Å². The average molecular weight is 553 g/mol. The van der Waals surface area contributed by atoms with Crippen molar-refractivity contribution >= 4 is 66.3 Å². The molecule has 0 unspecified atom stereocenters. The number of halogens is 3. The normalized spacial score (nSPS) is 11.8. The summed E-state index contributed by atoms with van der Waals surface area (Å²) in [5, 5.41) is 11.9. The molecule has 2 aromatic rings. The van der Waals surface area contributed by atoms with Gasteiger partial charge < -0.3 is 10.4 Å². The molecule has 0 spiro atoms. The van der Waals surface area contributed by atoms with Crippen molar-refractivity contribution in [2.24, 2.45) is 0 Å².